The van der Waals surface area contributed by atoms with Crippen molar-refractivity contribution in [2.45, 2.75) is 18.4 Å². The summed E-state index contributed by atoms with van der Waals surface area (Å²) in [6, 6.07) is 18.2. The van der Waals surface area contributed by atoms with Gasteiger partial charge in [0.05, 0.1) is 0 Å². The molecule has 2 amide bonds. The first-order valence-electron chi connectivity index (χ1n) is 6.99. The van der Waals surface area contributed by atoms with Gasteiger partial charge in [0.25, 0.3) is 0 Å². The Morgan fingerprint density at radius 3 is 2.43 bits per heavy atom. The maximum Gasteiger partial charge on any atom is 0.315 e. The molecule has 0 aromatic heterocycles. The van der Waals surface area contributed by atoms with E-state index in [1.54, 1.807) is 11.8 Å². The molecule has 4 heteroatoms. The highest BCUT2D eigenvalue weighted by Crippen LogP contribution is 2.15. The molecule has 2 aromatic carbocycles. The number of aryl methyl sites for hydroxylation is 1. The van der Waals surface area contributed by atoms with E-state index in [0.717, 1.165) is 11.3 Å². The lowest BCUT2D eigenvalue weighted by molar-refractivity contribution is 0.241. The topological polar surface area (TPSA) is 41.1 Å². The van der Waals surface area contributed by atoms with E-state index in [4.69, 9.17) is 0 Å². The molecule has 0 fully saturated rings. The van der Waals surface area contributed by atoms with Crippen molar-refractivity contribution in [1.82, 2.24) is 10.6 Å². The van der Waals surface area contributed by atoms with E-state index < -0.39 is 0 Å². The molecule has 0 unspecified atom stereocenters. The first kappa shape index (κ1) is 15.4. The second-order valence-corrected chi connectivity index (χ2v) is 5.92. The molecular formula is C17H20N2OS. The summed E-state index contributed by atoms with van der Waals surface area (Å²) in [4.78, 5) is 12.9. The lowest BCUT2D eigenvalue weighted by atomic mass is 10.1. The summed E-state index contributed by atoms with van der Waals surface area (Å²) in [7, 11) is 0. The lowest BCUT2D eigenvalue weighted by Gasteiger charge is -2.08. The third-order valence-electron chi connectivity index (χ3n) is 2.97. The van der Waals surface area contributed by atoms with Crippen molar-refractivity contribution in [2.75, 3.05) is 12.3 Å². The monoisotopic (exact) mass is 300 g/mol. The zero-order valence-corrected chi connectivity index (χ0v) is 13.0. The maximum absolute atomic E-state index is 11.7. The van der Waals surface area contributed by atoms with Crippen LogP contribution in [0.15, 0.2) is 59.5 Å². The van der Waals surface area contributed by atoms with Gasteiger partial charge >= 0.3 is 6.03 Å². The summed E-state index contributed by atoms with van der Waals surface area (Å²) in [5, 5.41) is 5.72. The Morgan fingerprint density at radius 1 is 1.00 bits per heavy atom. The highest BCUT2D eigenvalue weighted by atomic mass is 32.2. The molecule has 0 aliphatic rings. The molecule has 21 heavy (non-hydrogen) atoms. The normalized spacial score (nSPS) is 10.1. The van der Waals surface area contributed by atoms with Gasteiger partial charge in [-0.05, 0) is 24.6 Å². The molecule has 0 heterocycles. The third kappa shape index (κ3) is 5.92. The van der Waals surface area contributed by atoms with Crippen LogP contribution in [0.1, 0.15) is 11.1 Å². The number of amides is 2. The second kappa shape index (κ2) is 8.37. The van der Waals surface area contributed by atoms with Crippen LogP contribution in [0.25, 0.3) is 0 Å². The van der Waals surface area contributed by atoms with E-state index in [2.05, 4.69) is 22.8 Å². The zero-order valence-electron chi connectivity index (χ0n) is 12.1. The fraction of sp³-hybridized carbons (Fsp3) is 0.235. The Kier molecular flexibility index (Phi) is 6.16. The summed E-state index contributed by atoms with van der Waals surface area (Å²) < 4.78 is 0. The van der Waals surface area contributed by atoms with Crippen LogP contribution in [0.2, 0.25) is 0 Å². The predicted molar refractivity (Wildman–Crippen MR) is 88.6 cm³/mol. The Balaban J connectivity index is 1.60. The Hall–Kier alpha value is -1.94. The maximum atomic E-state index is 11.7. The first-order valence-corrected chi connectivity index (χ1v) is 7.98. The molecule has 0 radical (unpaired) electrons. The Labute approximate surface area is 130 Å². The number of carbonyl (C=O) groups excluding carboxylic acids is 1. The van der Waals surface area contributed by atoms with E-state index in [-0.39, 0.29) is 6.03 Å². The number of hydrogen-bond donors (Lipinski definition) is 2. The van der Waals surface area contributed by atoms with Gasteiger partial charge in [-0.2, -0.15) is 0 Å². The van der Waals surface area contributed by atoms with Crippen LogP contribution in [0.3, 0.4) is 0 Å². The minimum absolute atomic E-state index is 0.121. The highest BCUT2D eigenvalue weighted by Gasteiger charge is 2.00. The smallest absolute Gasteiger partial charge is 0.315 e. The van der Waals surface area contributed by atoms with Gasteiger partial charge in [-0.3, -0.25) is 0 Å². The van der Waals surface area contributed by atoms with Crippen LogP contribution in [-0.2, 0) is 6.54 Å². The standard InChI is InChI=1S/C17H20N2OS/c1-14-7-9-15(10-8-14)13-19-17(20)18-11-12-21-16-5-3-2-4-6-16/h2-10H,11-13H2,1H3,(H2,18,19,20). The fourth-order valence-electron chi connectivity index (χ4n) is 1.80. The molecule has 2 rings (SSSR count). The minimum Gasteiger partial charge on any atom is -0.337 e. The second-order valence-electron chi connectivity index (χ2n) is 4.76. The Morgan fingerprint density at radius 2 is 1.71 bits per heavy atom. The van der Waals surface area contributed by atoms with E-state index in [9.17, 15) is 4.79 Å². The lowest BCUT2D eigenvalue weighted by Crippen LogP contribution is -2.36. The van der Waals surface area contributed by atoms with Gasteiger partial charge in [0.1, 0.15) is 0 Å². The molecule has 3 nitrogen and oxygen atoms in total. The SMILES string of the molecule is Cc1ccc(CNC(=O)NCCSc2ccccc2)cc1. The van der Waals surface area contributed by atoms with Gasteiger partial charge in [-0.25, -0.2) is 4.79 Å². The zero-order chi connectivity index (χ0) is 14.9. The summed E-state index contributed by atoms with van der Waals surface area (Å²) in [6.45, 7) is 3.26. The molecule has 110 valence electrons. The fourth-order valence-corrected chi connectivity index (χ4v) is 2.59. The first-order chi connectivity index (χ1) is 10.2. The molecule has 0 aliphatic carbocycles. The number of nitrogens with one attached hydrogen (secondary N) is 2. The van der Waals surface area contributed by atoms with E-state index in [0.29, 0.717) is 13.1 Å². The summed E-state index contributed by atoms with van der Waals surface area (Å²) in [5.74, 6) is 0.863. The van der Waals surface area contributed by atoms with Crippen LogP contribution in [0.5, 0.6) is 0 Å². The Bertz CT molecular complexity index is 555. The summed E-state index contributed by atoms with van der Waals surface area (Å²) >= 11 is 1.74. The highest BCUT2D eigenvalue weighted by molar-refractivity contribution is 7.99. The number of benzene rings is 2. The van der Waals surface area contributed by atoms with Crippen molar-refractivity contribution in [3.8, 4) is 0 Å². The third-order valence-corrected chi connectivity index (χ3v) is 3.99. The quantitative estimate of drug-likeness (QED) is 0.632. The summed E-state index contributed by atoms with van der Waals surface area (Å²) in [5.41, 5.74) is 2.33. The molecule has 0 saturated carbocycles. The van der Waals surface area contributed by atoms with Gasteiger partial charge < -0.3 is 10.6 Å². The van der Waals surface area contributed by atoms with Crippen molar-refractivity contribution in [3.63, 3.8) is 0 Å². The number of thioether (sulfide) groups is 1. The number of rotatable bonds is 6. The van der Waals surface area contributed by atoms with Crippen LogP contribution in [0.4, 0.5) is 4.79 Å². The van der Waals surface area contributed by atoms with Crippen molar-refractivity contribution in [2.24, 2.45) is 0 Å². The van der Waals surface area contributed by atoms with Gasteiger partial charge in [0.15, 0.2) is 0 Å². The van der Waals surface area contributed by atoms with E-state index in [1.165, 1.54) is 10.5 Å². The van der Waals surface area contributed by atoms with Crippen molar-refractivity contribution in [3.05, 3.63) is 65.7 Å². The number of urea groups is 1. The van der Waals surface area contributed by atoms with Crippen LogP contribution in [-0.4, -0.2) is 18.3 Å². The largest absolute Gasteiger partial charge is 0.337 e. The number of carbonyl (C=O) groups is 1. The van der Waals surface area contributed by atoms with Crippen molar-refractivity contribution >= 4 is 17.8 Å². The van der Waals surface area contributed by atoms with Gasteiger partial charge in [0.2, 0.25) is 0 Å². The van der Waals surface area contributed by atoms with Gasteiger partial charge in [-0.1, -0.05) is 48.0 Å². The molecule has 0 aliphatic heterocycles. The molecule has 0 saturated heterocycles. The molecule has 0 spiro atoms. The average Bonchev–Trinajstić information content (AvgIpc) is 2.52. The molecular weight excluding hydrogens is 280 g/mol. The molecule has 0 atom stereocenters. The molecule has 2 aromatic rings. The van der Waals surface area contributed by atoms with E-state index >= 15 is 0 Å². The van der Waals surface area contributed by atoms with Crippen molar-refractivity contribution < 1.29 is 4.79 Å². The molecule has 0 bridgehead atoms. The van der Waals surface area contributed by atoms with Gasteiger partial charge in [-0.15, -0.1) is 11.8 Å². The van der Waals surface area contributed by atoms with Crippen LogP contribution >= 0.6 is 11.8 Å². The summed E-state index contributed by atoms with van der Waals surface area (Å²) in [6.07, 6.45) is 0. The van der Waals surface area contributed by atoms with Gasteiger partial charge in [0, 0.05) is 23.7 Å². The average molecular weight is 300 g/mol. The van der Waals surface area contributed by atoms with E-state index in [1.807, 2.05) is 49.4 Å². The minimum atomic E-state index is -0.121. The number of hydrogen-bond acceptors (Lipinski definition) is 2. The molecule has 2 N–H and O–H groups in total. The van der Waals surface area contributed by atoms with Crippen molar-refractivity contribution in [1.29, 1.82) is 0 Å². The van der Waals surface area contributed by atoms with Crippen LogP contribution in [0, 0.1) is 6.92 Å². The van der Waals surface area contributed by atoms with Crippen LogP contribution < -0.4 is 10.6 Å². The predicted octanol–water partition coefficient (Wildman–Crippen LogP) is 3.59.